The van der Waals surface area contributed by atoms with Crippen molar-refractivity contribution in [2.24, 2.45) is 0 Å². The molecule has 2 aromatic carbocycles. The van der Waals surface area contributed by atoms with Crippen LogP contribution in [0, 0.1) is 0 Å². The largest absolute Gasteiger partial charge is 0.491 e. The van der Waals surface area contributed by atoms with Gasteiger partial charge in [0, 0.05) is 18.5 Å². The molecule has 0 aliphatic carbocycles. The van der Waals surface area contributed by atoms with Crippen LogP contribution in [0.3, 0.4) is 0 Å². The highest BCUT2D eigenvalue weighted by Crippen LogP contribution is 2.17. The van der Waals surface area contributed by atoms with Gasteiger partial charge in [-0.15, -0.1) is 0 Å². The smallest absolute Gasteiger partial charge is 0.449 e. The average Bonchev–Trinajstić information content (AvgIpc) is 2.86. The molecule has 0 aromatic heterocycles. The van der Waals surface area contributed by atoms with Crippen LogP contribution in [-0.4, -0.2) is 73.5 Å². The normalized spacial score (nSPS) is 12.8. The molecule has 9 nitrogen and oxygen atoms in total. The quantitative estimate of drug-likeness (QED) is 0.325. The number of nitrogens with zero attached hydrogens (tertiary/aromatic N) is 1. The van der Waals surface area contributed by atoms with Crippen molar-refractivity contribution in [3.63, 3.8) is 0 Å². The predicted octanol–water partition coefficient (Wildman–Crippen LogP) is 2.48. The number of rotatable bonds is 12. The van der Waals surface area contributed by atoms with Gasteiger partial charge >= 0.3 is 24.1 Å². The summed E-state index contributed by atoms with van der Waals surface area (Å²) in [6.45, 7) is -0.368. The maximum absolute atomic E-state index is 13.0. The van der Waals surface area contributed by atoms with Crippen LogP contribution in [0.4, 0.5) is 13.2 Å². The molecule has 0 bridgehead atoms. The fourth-order valence-corrected chi connectivity index (χ4v) is 3.25. The molecule has 0 fully saturated rings. The van der Waals surface area contributed by atoms with Gasteiger partial charge in [0.1, 0.15) is 0 Å². The highest BCUT2D eigenvalue weighted by atomic mass is 19.4. The molecule has 1 amide bonds. The zero-order valence-electron chi connectivity index (χ0n) is 20.7. The molecule has 2 atom stereocenters. The van der Waals surface area contributed by atoms with E-state index in [4.69, 9.17) is 4.74 Å². The van der Waals surface area contributed by atoms with E-state index in [2.05, 4.69) is 10.1 Å². The lowest BCUT2D eigenvalue weighted by Crippen LogP contribution is -2.43. The van der Waals surface area contributed by atoms with E-state index < -0.39 is 60.8 Å². The fourth-order valence-electron chi connectivity index (χ4n) is 3.25. The Morgan fingerprint density at radius 2 is 1.47 bits per heavy atom. The first-order valence-corrected chi connectivity index (χ1v) is 11.5. The van der Waals surface area contributed by atoms with Crippen LogP contribution in [0.5, 0.6) is 0 Å². The van der Waals surface area contributed by atoms with Crippen LogP contribution in [0.15, 0.2) is 60.7 Å². The molecule has 0 radical (unpaired) electrons. The molecule has 204 valence electrons. The number of hydrogen-bond acceptors (Lipinski definition) is 8. The fraction of sp³-hybridized carbons (Fsp3) is 0.346. The topological polar surface area (TPSA) is 119 Å². The second-order valence-electron chi connectivity index (χ2n) is 8.50. The summed E-state index contributed by atoms with van der Waals surface area (Å²) in [6.07, 6.45) is -8.03. The van der Waals surface area contributed by atoms with E-state index in [1.165, 1.54) is 19.0 Å². The number of ether oxygens (including phenoxy) is 2. The lowest BCUT2D eigenvalue weighted by molar-refractivity contribution is -0.205. The van der Waals surface area contributed by atoms with Crippen molar-refractivity contribution in [2.75, 3.05) is 20.6 Å². The Hall–Kier alpha value is -4.06. The number of hydrogen-bond donors (Lipinski definition) is 1. The summed E-state index contributed by atoms with van der Waals surface area (Å²) >= 11 is 0. The van der Waals surface area contributed by atoms with Gasteiger partial charge in [0.15, 0.2) is 5.78 Å². The second-order valence-corrected chi connectivity index (χ2v) is 8.50. The number of alkyl halides is 3. The maximum atomic E-state index is 13.0. The first kappa shape index (κ1) is 30.2. The first-order chi connectivity index (χ1) is 17.9. The molecule has 0 saturated heterocycles. The van der Waals surface area contributed by atoms with Crippen molar-refractivity contribution in [3.8, 4) is 0 Å². The van der Waals surface area contributed by atoms with Gasteiger partial charge in [-0.05, 0) is 38.2 Å². The van der Waals surface area contributed by atoms with Gasteiger partial charge in [-0.25, -0.2) is 9.59 Å². The molecule has 0 saturated carbocycles. The minimum atomic E-state index is -5.41. The third-order valence-corrected chi connectivity index (χ3v) is 5.08. The van der Waals surface area contributed by atoms with E-state index in [-0.39, 0.29) is 13.0 Å². The van der Waals surface area contributed by atoms with E-state index in [0.29, 0.717) is 5.56 Å². The number of likely N-dealkylation sites (N-methyl/N-ethyl adjacent to an activating group) is 1. The van der Waals surface area contributed by atoms with Crippen LogP contribution < -0.4 is 5.32 Å². The van der Waals surface area contributed by atoms with Crippen molar-refractivity contribution in [3.05, 3.63) is 71.8 Å². The van der Waals surface area contributed by atoms with Crippen LogP contribution in [0.1, 0.15) is 28.8 Å². The summed E-state index contributed by atoms with van der Waals surface area (Å²) < 4.78 is 46.0. The highest BCUT2D eigenvalue weighted by molar-refractivity contribution is 5.98. The number of esters is 3. The van der Waals surface area contributed by atoms with Gasteiger partial charge in [0.05, 0.1) is 12.5 Å². The van der Waals surface area contributed by atoms with Crippen LogP contribution >= 0.6 is 0 Å². The van der Waals surface area contributed by atoms with Gasteiger partial charge in [-0.1, -0.05) is 48.5 Å². The number of nitrogens with one attached hydrogen (secondary N) is 1. The van der Waals surface area contributed by atoms with E-state index in [1.807, 2.05) is 0 Å². The zero-order chi connectivity index (χ0) is 28.3. The van der Waals surface area contributed by atoms with Crippen molar-refractivity contribution >= 4 is 29.6 Å². The molecule has 0 aliphatic heterocycles. The number of halogens is 3. The number of carbonyl (C=O) groups is 5. The molecule has 0 aliphatic rings. The van der Waals surface area contributed by atoms with Gasteiger partial charge < -0.3 is 19.7 Å². The Kier molecular flexibility index (Phi) is 11.1. The van der Waals surface area contributed by atoms with Crippen LogP contribution in [0.25, 0.3) is 0 Å². The second kappa shape index (κ2) is 14.0. The van der Waals surface area contributed by atoms with Crippen LogP contribution in [-0.2, 0) is 35.1 Å². The lowest BCUT2D eigenvalue weighted by atomic mass is 9.99. The molecular weight excluding hydrogens is 509 g/mol. The maximum Gasteiger partial charge on any atom is 0.491 e. The van der Waals surface area contributed by atoms with E-state index >= 15 is 0 Å². The van der Waals surface area contributed by atoms with Crippen molar-refractivity contribution < 1.29 is 46.6 Å². The molecule has 2 rings (SSSR count). The molecule has 38 heavy (non-hydrogen) atoms. The molecule has 1 N–H and O–H groups in total. The Morgan fingerprint density at radius 3 is 2.03 bits per heavy atom. The van der Waals surface area contributed by atoms with Crippen molar-refractivity contribution in [2.45, 2.75) is 37.6 Å². The zero-order valence-corrected chi connectivity index (χ0v) is 20.7. The van der Waals surface area contributed by atoms with E-state index in [9.17, 15) is 37.1 Å². The van der Waals surface area contributed by atoms with Gasteiger partial charge in [-0.3, -0.25) is 14.4 Å². The predicted molar refractivity (Wildman–Crippen MR) is 128 cm³/mol. The Bertz CT molecular complexity index is 1120. The third kappa shape index (κ3) is 10.1. The molecular formula is C26H27F3N2O7. The number of amides is 1. The standard InChI is InChI=1S/C26H27F3N2O7/c1-31(2)16-21(24(35)38-25(36)26(27,28)29)37-22(33)14-13-20(32)19(15-17-9-5-3-6-10-17)30-23(34)18-11-7-4-8-12-18/h3-12,19,21H,13-16H2,1-2H3,(H,30,34)/t19-,21-/m0/s1. The first-order valence-electron chi connectivity index (χ1n) is 11.5. The van der Waals surface area contributed by atoms with Crippen molar-refractivity contribution in [1.29, 1.82) is 0 Å². The Balaban J connectivity index is 2.05. The minimum Gasteiger partial charge on any atom is -0.449 e. The molecule has 0 unspecified atom stereocenters. The number of Topliss-reactive ketones (excluding diaryl/α,β-unsaturated/α-hetero) is 1. The highest BCUT2D eigenvalue weighted by Gasteiger charge is 2.44. The monoisotopic (exact) mass is 536 g/mol. The summed E-state index contributed by atoms with van der Waals surface area (Å²) in [6, 6.07) is 16.1. The Morgan fingerprint density at radius 1 is 0.895 bits per heavy atom. The SMILES string of the molecule is CN(C)C[C@H](OC(=O)CCC(=O)[C@H](Cc1ccccc1)NC(=O)c1ccccc1)C(=O)OC(=O)C(F)(F)F. The van der Waals surface area contributed by atoms with E-state index in [1.54, 1.807) is 60.7 Å². The average molecular weight is 537 g/mol. The summed E-state index contributed by atoms with van der Waals surface area (Å²) in [4.78, 5) is 62.3. The minimum absolute atomic E-state index is 0.141. The van der Waals surface area contributed by atoms with E-state index in [0.717, 1.165) is 5.56 Å². The Labute approximate surface area is 216 Å². The molecule has 0 spiro atoms. The van der Waals surface area contributed by atoms with Gasteiger partial charge in [0.25, 0.3) is 5.91 Å². The van der Waals surface area contributed by atoms with Crippen molar-refractivity contribution in [1.82, 2.24) is 10.2 Å². The number of ketones is 1. The summed E-state index contributed by atoms with van der Waals surface area (Å²) in [5, 5.41) is 2.66. The summed E-state index contributed by atoms with van der Waals surface area (Å²) in [7, 11) is 2.90. The van der Waals surface area contributed by atoms with Crippen LogP contribution in [0.2, 0.25) is 0 Å². The summed E-state index contributed by atoms with van der Waals surface area (Å²) in [5.74, 6) is -6.51. The number of benzene rings is 2. The lowest BCUT2D eigenvalue weighted by Gasteiger charge is -2.20. The summed E-state index contributed by atoms with van der Waals surface area (Å²) in [5.41, 5.74) is 1.08. The molecule has 2 aromatic rings. The third-order valence-electron chi connectivity index (χ3n) is 5.08. The molecule has 0 heterocycles. The molecule has 12 heteroatoms. The van der Waals surface area contributed by atoms with Gasteiger partial charge in [0.2, 0.25) is 6.10 Å². The van der Waals surface area contributed by atoms with Gasteiger partial charge in [-0.2, -0.15) is 13.2 Å². The number of carbonyl (C=O) groups excluding carboxylic acids is 5.